The lowest BCUT2D eigenvalue weighted by molar-refractivity contribution is 0.661. The quantitative estimate of drug-likeness (QED) is 0.178. The molecule has 2 aromatic heterocycles. The van der Waals surface area contributed by atoms with Gasteiger partial charge in [0.25, 0.3) is 0 Å². The van der Waals surface area contributed by atoms with E-state index in [0.29, 0.717) is 17.5 Å². The van der Waals surface area contributed by atoms with E-state index < -0.39 is 0 Å². The molecule has 0 fully saturated rings. The Morgan fingerprint density at radius 3 is 1.65 bits per heavy atom. The number of fused-ring (bicyclic) bond motifs is 9. The Kier molecular flexibility index (Phi) is 6.49. The van der Waals surface area contributed by atoms with Crippen molar-refractivity contribution in [3.63, 3.8) is 0 Å². The fourth-order valence-electron chi connectivity index (χ4n) is 7.98. The summed E-state index contributed by atoms with van der Waals surface area (Å²) in [5.41, 5.74) is 10.4. The summed E-state index contributed by atoms with van der Waals surface area (Å²) in [6.45, 7) is 4.70. The zero-order valence-corrected chi connectivity index (χ0v) is 28.3. The fourth-order valence-corrected chi connectivity index (χ4v) is 7.98. The number of pyridine rings is 1. The van der Waals surface area contributed by atoms with Crippen LogP contribution in [0.2, 0.25) is 0 Å². The van der Waals surface area contributed by atoms with E-state index in [0.717, 1.165) is 27.8 Å². The highest BCUT2D eigenvalue weighted by Gasteiger charge is 2.35. The third-order valence-electron chi connectivity index (χ3n) is 10.6. The van der Waals surface area contributed by atoms with Crippen molar-refractivity contribution >= 4 is 32.3 Å². The van der Waals surface area contributed by atoms with Gasteiger partial charge in [0, 0.05) is 34.5 Å². The van der Waals surface area contributed by atoms with E-state index in [1.165, 1.54) is 54.6 Å². The molecule has 51 heavy (non-hydrogen) atoms. The first-order valence-corrected chi connectivity index (χ1v) is 17.4. The molecule has 0 saturated heterocycles. The van der Waals surface area contributed by atoms with Crippen molar-refractivity contribution in [3.8, 4) is 56.4 Å². The van der Waals surface area contributed by atoms with Crippen molar-refractivity contribution in [1.29, 1.82) is 0 Å². The Morgan fingerprint density at radius 1 is 0.373 bits per heavy atom. The first-order valence-electron chi connectivity index (χ1n) is 17.4. The van der Waals surface area contributed by atoms with Crippen molar-refractivity contribution in [2.24, 2.45) is 0 Å². The van der Waals surface area contributed by atoms with Crippen molar-refractivity contribution < 1.29 is 0 Å². The maximum atomic E-state index is 5.10. The molecule has 0 bridgehead atoms. The van der Waals surface area contributed by atoms with Crippen molar-refractivity contribution in [1.82, 2.24) is 19.9 Å². The monoisotopic (exact) mass is 652 g/mol. The van der Waals surface area contributed by atoms with Crippen LogP contribution in [0.5, 0.6) is 0 Å². The van der Waals surface area contributed by atoms with Gasteiger partial charge >= 0.3 is 0 Å². The van der Waals surface area contributed by atoms with E-state index in [2.05, 4.69) is 128 Å². The molecule has 4 heteroatoms. The normalized spacial score (nSPS) is 13.1. The van der Waals surface area contributed by atoms with Gasteiger partial charge in [-0.1, -0.05) is 135 Å². The van der Waals surface area contributed by atoms with Gasteiger partial charge in [-0.3, -0.25) is 4.98 Å². The number of nitrogens with zero attached hydrogens (tertiary/aromatic N) is 4. The van der Waals surface area contributed by atoms with Gasteiger partial charge in [-0.15, -0.1) is 0 Å². The Hall–Kier alpha value is -6.52. The molecule has 0 atom stereocenters. The molecule has 0 radical (unpaired) electrons. The second-order valence-corrected chi connectivity index (χ2v) is 13.9. The van der Waals surface area contributed by atoms with Gasteiger partial charge < -0.3 is 0 Å². The van der Waals surface area contributed by atoms with E-state index >= 15 is 0 Å². The summed E-state index contributed by atoms with van der Waals surface area (Å²) in [6.07, 6.45) is 3.67. The van der Waals surface area contributed by atoms with Gasteiger partial charge in [-0.25, -0.2) is 15.0 Å². The van der Waals surface area contributed by atoms with Crippen LogP contribution in [0.15, 0.2) is 158 Å². The van der Waals surface area contributed by atoms with Crippen LogP contribution in [0.3, 0.4) is 0 Å². The van der Waals surface area contributed by atoms with Crippen LogP contribution < -0.4 is 0 Å². The predicted octanol–water partition coefficient (Wildman–Crippen LogP) is 11.7. The number of rotatable bonds is 4. The van der Waals surface area contributed by atoms with Crippen molar-refractivity contribution in [2.45, 2.75) is 19.3 Å². The van der Waals surface area contributed by atoms with Crippen molar-refractivity contribution in [2.75, 3.05) is 0 Å². The van der Waals surface area contributed by atoms with E-state index in [1.807, 2.05) is 42.6 Å². The highest BCUT2D eigenvalue weighted by Crippen LogP contribution is 2.51. The summed E-state index contributed by atoms with van der Waals surface area (Å²) >= 11 is 0. The van der Waals surface area contributed by atoms with Crippen LogP contribution >= 0.6 is 0 Å². The standard InChI is InChI=1S/C47H32N4/c1-47(2)42-17-9-8-16-37(42)41-26-39-36-23-22-32(25-38(36)34-14-6-7-15-35(34)40(39)27-43(41)47)46-50-44(30-11-4-3-5-12-30)49-45(51-46)31-20-18-29(19-21-31)33-13-10-24-48-28-33/h3-28H,1-2H3. The molecule has 0 N–H and O–H groups in total. The minimum absolute atomic E-state index is 0.0635. The lowest BCUT2D eigenvalue weighted by Gasteiger charge is -2.22. The molecule has 0 spiro atoms. The molecule has 240 valence electrons. The summed E-state index contributed by atoms with van der Waals surface area (Å²) in [5.74, 6) is 1.93. The van der Waals surface area contributed by atoms with Crippen molar-refractivity contribution in [3.05, 3.63) is 169 Å². The van der Waals surface area contributed by atoms with Gasteiger partial charge in [0.05, 0.1) is 0 Å². The molecule has 0 saturated carbocycles. The molecule has 2 heterocycles. The van der Waals surface area contributed by atoms with Gasteiger partial charge in [0.2, 0.25) is 0 Å². The van der Waals surface area contributed by atoms with Crippen LogP contribution in [0.25, 0.3) is 88.7 Å². The predicted molar refractivity (Wildman–Crippen MR) is 209 cm³/mol. The topological polar surface area (TPSA) is 51.6 Å². The van der Waals surface area contributed by atoms with E-state index in [1.54, 1.807) is 6.20 Å². The second-order valence-electron chi connectivity index (χ2n) is 13.9. The maximum Gasteiger partial charge on any atom is 0.164 e. The molecule has 0 aliphatic heterocycles. The summed E-state index contributed by atoms with van der Waals surface area (Å²) in [7, 11) is 0. The summed E-state index contributed by atoms with van der Waals surface area (Å²) in [4.78, 5) is 19.4. The minimum atomic E-state index is -0.0635. The molecule has 1 aliphatic carbocycles. The number of hydrogen-bond acceptors (Lipinski definition) is 4. The summed E-state index contributed by atoms with van der Waals surface area (Å²) < 4.78 is 0. The van der Waals surface area contributed by atoms with Gasteiger partial charge in [0.1, 0.15) is 0 Å². The van der Waals surface area contributed by atoms with E-state index in [-0.39, 0.29) is 5.41 Å². The highest BCUT2D eigenvalue weighted by atomic mass is 15.0. The summed E-state index contributed by atoms with van der Waals surface area (Å²) in [6, 6.07) is 51.7. The third kappa shape index (κ3) is 4.68. The molecule has 7 aromatic carbocycles. The largest absolute Gasteiger partial charge is 0.264 e. The fraction of sp³-hybridized carbons (Fsp3) is 0.0638. The van der Waals surface area contributed by atoms with Crippen LogP contribution in [0.4, 0.5) is 0 Å². The van der Waals surface area contributed by atoms with E-state index in [4.69, 9.17) is 15.0 Å². The Balaban J connectivity index is 1.17. The smallest absolute Gasteiger partial charge is 0.164 e. The first kappa shape index (κ1) is 29.4. The molecular formula is C47H32N4. The van der Waals surface area contributed by atoms with E-state index in [9.17, 15) is 0 Å². The minimum Gasteiger partial charge on any atom is -0.264 e. The first-order chi connectivity index (χ1) is 25.0. The lowest BCUT2D eigenvalue weighted by Crippen LogP contribution is -2.14. The van der Waals surface area contributed by atoms with Crippen LogP contribution in [0.1, 0.15) is 25.0 Å². The average Bonchev–Trinajstić information content (AvgIpc) is 3.43. The molecule has 9 aromatic rings. The number of aromatic nitrogens is 4. The molecule has 4 nitrogen and oxygen atoms in total. The Labute approximate surface area is 296 Å². The maximum absolute atomic E-state index is 5.10. The zero-order chi connectivity index (χ0) is 34.1. The second kappa shape index (κ2) is 11.3. The van der Waals surface area contributed by atoms with Gasteiger partial charge in [-0.2, -0.15) is 0 Å². The molecule has 1 aliphatic rings. The molecule has 0 unspecified atom stereocenters. The molecule has 0 amide bonds. The zero-order valence-electron chi connectivity index (χ0n) is 28.3. The Bertz CT molecular complexity index is 2810. The number of hydrogen-bond donors (Lipinski definition) is 0. The lowest BCUT2D eigenvalue weighted by atomic mass is 9.81. The molecule has 10 rings (SSSR count). The molecular weight excluding hydrogens is 621 g/mol. The van der Waals surface area contributed by atoms with Crippen LogP contribution in [-0.2, 0) is 5.41 Å². The highest BCUT2D eigenvalue weighted by molar-refractivity contribution is 6.26. The van der Waals surface area contributed by atoms with Gasteiger partial charge in [-0.05, 0) is 90.0 Å². The Morgan fingerprint density at radius 2 is 0.922 bits per heavy atom. The van der Waals surface area contributed by atoms with Gasteiger partial charge in [0.15, 0.2) is 17.5 Å². The third-order valence-corrected chi connectivity index (χ3v) is 10.6. The van der Waals surface area contributed by atoms with Crippen LogP contribution in [0, 0.1) is 0 Å². The average molecular weight is 653 g/mol. The van der Waals surface area contributed by atoms with Crippen LogP contribution in [-0.4, -0.2) is 19.9 Å². The SMILES string of the molecule is CC1(C)c2ccccc2-c2cc3c4ccc(-c5nc(-c6ccccc6)nc(-c6ccc(-c7cccnc7)cc6)n5)cc4c4ccccc4c3cc21. The summed E-state index contributed by atoms with van der Waals surface area (Å²) in [5, 5.41) is 7.43. The number of benzene rings is 7.